The summed E-state index contributed by atoms with van der Waals surface area (Å²) in [5.74, 6) is 1.15. The quantitative estimate of drug-likeness (QED) is 0.239. The predicted molar refractivity (Wildman–Crippen MR) is 137 cm³/mol. The average molecular weight is 527 g/mol. The second-order valence-electron chi connectivity index (χ2n) is 10.7. The van der Waals surface area contributed by atoms with Crippen LogP contribution in [-0.4, -0.2) is 84.8 Å². The molecule has 0 amide bonds. The maximum atomic E-state index is 10.9. The van der Waals surface area contributed by atoms with Crippen LogP contribution in [-0.2, 0) is 25.3 Å². The van der Waals surface area contributed by atoms with Crippen molar-refractivity contribution < 1.29 is 14.9 Å². The van der Waals surface area contributed by atoms with Crippen LogP contribution in [0.5, 0.6) is 0 Å². The molecule has 0 aromatic carbocycles. The van der Waals surface area contributed by atoms with E-state index in [-0.39, 0.29) is 11.2 Å². The molecule has 0 aliphatic carbocycles. The van der Waals surface area contributed by atoms with Gasteiger partial charge in [-0.1, -0.05) is 20.8 Å². The summed E-state index contributed by atoms with van der Waals surface area (Å²) in [5.41, 5.74) is 2.07. The summed E-state index contributed by atoms with van der Waals surface area (Å²) in [6.45, 7) is 7.79. The first-order valence-corrected chi connectivity index (χ1v) is 12.5. The smallest absolute Gasteiger partial charge is 0.226 e. The molecule has 1 saturated heterocycles. The van der Waals surface area contributed by atoms with Crippen LogP contribution in [0, 0.1) is 5.41 Å². The van der Waals surface area contributed by atoms with Crippen molar-refractivity contribution in [2.24, 2.45) is 19.5 Å². The summed E-state index contributed by atoms with van der Waals surface area (Å²) >= 11 is 0. The summed E-state index contributed by atoms with van der Waals surface area (Å²) in [4.78, 5) is 19.5. The average Bonchev–Trinajstić information content (AvgIpc) is 3.62. The lowest BCUT2D eigenvalue weighted by Crippen LogP contribution is -2.29. The van der Waals surface area contributed by atoms with E-state index in [2.05, 4.69) is 66.8 Å². The van der Waals surface area contributed by atoms with Crippen molar-refractivity contribution in [1.29, 1.82) is 0 Å². The van der Waals surface area contributed by atoms with E-state index in [9.17, 15) is 10.2 Å². The van der Waals surface area contributed by atoms with E-state index >= 15 is 0 Å². The fraction of sp³-hybridized carbons (Fsp3) is 0.609. The van der Waals surface area contributed by atoms with Crippen LogP contribution in [0.2, 0.25) is 0 Å². The van der Waals surface area contributed by atoms with Crippen molar-refractivity contribution in [1.82, 2.24) is 49.3 Å². The van der Waals surface area contributed by atoms with Gasteiger partial charge in [0, 0.05) is 32.8 Å². The van der Waals surface area contributed by atoms with Gasteiger partial charge < -0.3 is 30.2 Å². The van der Waals surface area contributed by atoms with Crippen molar-refractivity contribution in [3.05, 3.63) is 30.4 Å². The maximum absolute atomic E-state index is 10.9. The Morgan fingerprint density at radius 2 is 1.84 bits per heavy atom. The number of aliphatic hydroxyl groups excluding tert-OH is 2. The number of hydrogen-bond donors (Lipinski definition) is 4. The van der Waals surface area contributed by atoms with Gasteiger partial charge in [0.1, 0.15) is 12.2 Å². The monoisotopic (exact) mass is 526 g/mol. The molecule has 0 radical (unpaired) electrons. The Hall–Kier alpha value is -3.69. The van der Waals surface area contributed by atoms with Crippen molar-refractivity contribution in [2.45, 2.75) is 58.2 Å². The van der Waals surface area contributed by atoms with Gasteiger partial charge in [-0.3, -0.25) is 4.57 Å². The molecule has 4 aromatic heterocycles. The number of nitrogens with zero attached hydrogens (tertiary/aromatic N) is 10. The summed E-state index contributed by atoms with van der Waals surface area (Å²) in [6.07, 6.45) is 2.41. The van der Waals surface area contributed by atoms with Crippen molar-refractivity contribution in [3.8, 4) is 0 Å². The topological polar surface area (TPSA) is 179 Å². The number of aliphatic hydroxyl groups is 2. The zero-order chi connectivity index (χ0) is 27.0. The van der Waals surface area contributed by atoms with Crippen molar-refractivity contribution in [2.75, 3.05) is 23.7 Å². The molecular formula is C23H34N12O3. The number of anilines is 2. The number of ether oxygens (including phenoxy) is 1. The van der Waals surface area contributed by atoms with Crippen LogP contribution in [0.4, 0.5) is 11.8 Å². The summed E-state index contributed by atoms with van der Waals surface area (Å²) in [7, 11) is 3.54. The molecule has 0 spiro atoms. The molecule has 1 fully saturated rings. The van der Waals surface area contributed by atoms with Gasteiger partial charge in [0.25, 0.3) is 0 Å². The van der Waals surface area contributed by atoms with Crippen LogP contribution < -0.4 is 10.6 Å². The maximum Gasteiger partial charge on any atom is 0.226 e. The second-order valence-corrected chi connectivity index (χ2v) is 10.7. The highest BCUT2D eigenvalue weighted by atomic mass is 16.6. The second kappa shape index (κ2) is 10.2. The first-order valence-electron chi connectivity index (χ1n) is 12.5. The highest BCUT2D eigenvalue weighted by Gasteiger charge is 2.47. The number of aryl methyl sites for hydroxylation is 2. The van der Waals surface area contributed by atoms with E-state index in [0.717, 1.165) is 12.1 Å². The predicted octanol–water partition coefficient (Wildman–Crippen LogP) is 0.578. The molecule has 4 aromatic rings. The minimum atomic E-state index is -1.27. The molecule has 0 saturated carbocycles. The van der Waals surface area contributed by atoms with E-state index in [0.29, 0.717) is 42.4 Å². The summed E-state index contributed by atoms with van der Waals surface area (Å²) in [5, 5.41) is 40.1. The Bertz CT molecular complexity index is 1390. The molecule has 15 nitrogen and oxygen atoms in total. The minimum absolute atomic E-state index is 0.142. The number of hydrogen-bond acceptors (Lipinski definition) is 12. The zero-order valence-corrected chi connectivity index (χ0v) is 22.1. The fourth-order valence-electron chi connectivity index (χ4n) is 4.27. The van der Waals surface area contributed by atoms with Gasteiger partial charge in [-0.25, -0.2) is 9.97 Å². The summed E-state index contributed by atoms with van der Waals surface area (Å²) in [6, 6.07) is 0. The first kappa shape index (κ1) is 25.9. The molecule has 15 heteroatoms. The number of imidazole rings is 2. The Balaban J connectivity index is 1.43. The Morgan fingerprint density at radius 3 is 2.53 bits per heavy atom. The molecule has 4 N–H and O–H groups in total. The fourth-order valence-corrected chi connectivity index (χ4v) is 4.27. The van der Waals surface area contributed by atoms with Gasteiger partial charge in [0.05, 0.1) is 25.4 Å². The SMILES string of the molecule is Cn1cnc(CCNc2nc(NCCC(C)(C)C)c3ncn([C@@H]4O[C@H](c5nnn(C)n5)[C@@H](O)[C@H]4O)c3n2)c1. The highest BCUT2D eigenvalue weighted by Crippen LogP contribution is 2.39. The third-order valence-corrected chi connectivity index (χ3v) is 6.30. The van der Waals surface area contributed by atoms with Crippen molar-refractivity contribution in [3.63, 3.8) is 0 Å². The normalized spacial score (nSPS) is 21.9. The third-order valence-electron chi connectivity index (χ3n) is 6.30. The van der Waals surface area contributed by atoms with E-state index in [1.165, 1.54) is 11.1 Å². The van der Waals surface area contributed by atoms with Crippen LogP contribution in [0.15, 0.2) is 18.9 Å². The number of fused-ring (bicyclic) bond motifs is 1. The lowest BCUT2D eigenvalue weighted by Gasteiger charge is -2.19. The molecule has 1 aliphatic rings. The van der Waals surface area contributed by atoms with Gasteiger partial charge in [0.2, 0.25) is 11.8 Å². The van der Waals surface area contributed by atoms with Crippen molar-refractivity contribution >= 4 is 22.9 Å². The van der Waals surface area contributed by atoms with Crippen LogP contribution >= 0.6 is 0 Å². The van der Waals surface area contributed by atoms with Gasteiger partial charge in [-0.15, -0.1) is 10.2 Å². The lowest BCUT2D eigenvalue weighted by molar-refractivity contribution is -0.0384. The lowest BCUT2D eigenvalue weighted by atomic mass is 9.92. The van der Waals surface area contributed by atoms with Gasteiger partial charge in [-0.2, -0.15) is 14.8 Å². The van der Waals surface area contributed by atoms with E-state index < -0.39 is 24.5 Å². The minimum Gasteiger partial charge on any atom is -0.387 e. The number of tetrazole rings is 1. The molecule has 0 bridgehead atoms. The van der Waals surface area contributed by atoms with Gasteiger partial charge >= 0.3 is 0 Å². The number of aromatic nitrogens is 10. The molecule has 1 aliphatic heterocycles. The Morgan fingerprint density at radius 1 is 1.03 bits per heavy atom. The van der Waals surface area contributed by atoms with E-state index in [4.69, 9.17) is 4.74 Å². The first-order chi connectivity index (χ1) is 18.1. The number of nitrogens with one attached hydrogen (secondary N) is 2. The van der Waals surface area contributed by atoms with Gasteiger partial charge in [-0.05, 0) is 17.0 Å². The summed E-state index contributed by atoms with van der Waals surface area (Å²) < 4.78 is 9.52. The molecule has 5 heterocycles. The van der Waals surface area contributed by atoms with Crippen LogP contribution in [0.3, 0.4) is 0 Å². The Kier molecular flexibility index (Phi) is 6.98. The standard InChI is InChI=1S/C23H34N12O3/c1-23(2,3)7-9-24-18-14-20(29-22(28-18)25-8-6-13-10-33(4)11-26-13)35(12-27-14)21-16(37)15(36)17(38-21)19-30-32-34(5)31-19/h10-12,15-17,21,36-37H,6-9H2,1-5H3,(H2,24,25,28,29)/t15-,16+,17-,21+/m0/s1. The Labute approximate surface area is 219 Å². The molecular weight excluding hydrogens is 492 g/mol. The van der Waals surface area contributed by atoms with Crippen LogP contribution in [0.25, 0.3) is 11.2 Å². The molecule has 5 rings (SSSR count). The largest absolute Gasteiger partial charge is 0.387 e. The zero-order valence-electron chi connectivity index (χ0n) is 22.1. The van der Waals surface area contributed by atoms with Crippen LogP contribution in [0.1, 0.15) is 51.0 Å². The molecule has 4 atom stereocenters. The third kappa shape index (κ3) is 5.44. The van der Waals surface area contributed by atoms with E-state index in [1.54, 1.807) is 17.9 Å². The van der Waals surface area contributed by atoms with E-state index in [1.807, 2.05) is 17.8 Å². The van der Waals surface area contributed by atoms with Gasteiger partial charge in [0.15, 0.2) is 29.3 Å². The number of rotatable bonds is 9. The molecule has 204 valence electrons. The molecule has 0 unspecified atom stereocenters. The molecule has 38 heavy (non-hydrogen) atoms. The highest BCUT2D eigenvalue weighted by molar-refractivity contribution is 5.84.